The molecule has 1 aliphatic carbocycles. The molecule has 2 aliphatic rings. The minimum absolute atomic E-state index is 0.204. The minimum atomic E-state index is -0.204. The Hall–Kier alpha value is -1.79. The molecule has 1 aromatic heterocycles. The van der Waals surface area contributed by atoms with E-state index in [9.17, 15) is 4.39 Å². The summed E-state index contributed by atoms with van der Waals surface area (Å²) >= 11 is 0. The molecule has 0 spiro atoms. The topological polar surface area (TPSA) is 52.0 Å². The normalized spacial score (nSPS) is 23.2. The number of hydrogen-bond acceptors (Lipinski definition) is 4. The first-order valence-electron chi connectivity index (χ1n) is 9.21. The van der Waals surface area contributed by atoms with Crippen LogP contribution in [-0.2, 0) is 17.8 Å². The molecule has 0 atom stereocenters. The third kappa shape index (κ3) is 3.33. The molecule has 0 unspecified atom stereocenters. The summed E-state index contributed by atoms with van der Waals surface area (Å²) in [5.74, 6) is 2.09. The monoisotopic (exact) mass is 344 g/mol. The molecule has 134 valence electrons. The van der Waals surface area contributed by atoms with Crippen molar-refractivity contribution in [3.63, 3.8) is 0 Å². The van der Waals surface area contributed by atoms with Crippen LogP contribution in [0.4, 0.5) is 4.39 Å². The van der Waals surface area contributed by atoms with E-state index < -0.39 is 0 Å². The molecule has 1 aromatic carbocycles. The molecular weight excluding hydrogens is 319 g/mol. The van der Waals surface area contributed by atoms with Gasteiger partial charge >= 0.3 is 0 Å². The van der Waals surface area contributed by atoms with Crippen molar-refractivity contribution in [2.75, 3.05) is 0 Å². The van der Waals surface area contributed by atoms with Crippen molar-refractivity contribution in [1.29, 1.82) is 0 Å². The summed E-state index contributed by atoms with van der Waals surface area (Å²) in [6.45, 7) is 5.47. The summed E-state index contributed by atoms with van der Waals surface area (Å²) in [4.78, 5) is 0. The highest BCUT2D eigenvalue weighted by atomic mass is 19.1. The fourth-order valence-corrected chi connectivity index (χ4v) is 4.04. The van der Waals surface area contributed by atoms with Gasteiger partial charge in [-0.1, -0.05) is 0 Å². The third-order valence-electron chi connectivity index (χ3n) is 5.14. The average molecular weight is 344 g/mol. The average Bonchev–Trinajstić information content (AvgIpc) is 2.91. The molecule has 0 amide bonds. The molecule has 25 heavy (non-hydrogen) atoms. The first-order chi connectivity index (χ1) is 12.1. The van der Waals surface area contributed by atoms with E-state index in [1.807, 2.05) is 6.07 Å². The van der Waals surface area contributed by atoms with Gasteiger partial charge in [0.25, 0.3) is 0 Å². The molecule has 0 saturated heterocycles. The van der Waals surface area contributed by atoms with Crippen molar-refractivity contribution in [1.82, 2.24) is 20.1 Å². The van der Waals surface area contributed by atoms with Crippen LogP contribution in [-0.4, -0.2) is 27.0 Å². The van der Waals surface area contributed by atoms with Gasteiger partial charge in [-0.25, -0.2) is 4.39 Å². The smallest absolute Gasteiger partial charge is 0.151 e. The molecule has 1 aliphatic heterocycles. The van der Waals surface area contributed by atoms with Gasteiger partial charge in [0.2, 0.25) is 0 Å². The maximum absolute atomic E-state index is 13.6. The van der Waals surface area contributed by atoms with E-state index in [0.717, 1.165) is 48.6 Å². The molecule has 5 nitrogen and oxygen atoms in total. The largest absolute Gasteiger partial charge is 0.376 e. The van der Waals surface area contributed by atoms with E-state index in [-0.39, 0.29) is 11.9 Å². The van der Waals surface area contributed by atoms with Gasteiger partial charge < -0.3 is 10.1 Å². The van der Waals surface area contributed by atoms with Crippen LogP contribution in [0.5, 0.6) is 0 Å². The predicted molar refractivity (Wildman–Crippen MR) is 93.1 cm³/mol. The van der Waals surface area contributed by atoms with Crippen molar-refractivity contribution in [3.05, 3.63) is 41.2 Å². The number of aromatic nitrogens is 3. The minimum Gasteiger partial charge on any atom is -0.376 e. The van der Waals surface area contributed by atoms with Crippen LogP contribution >= 0.6 is 0 Å². The van der Waals surface area contributed by atoms with Gasteiger partial charge in [-0.2, -0.15) is 0 Å². The first-order valence-corrected chi connectivity index (χ1v) is 9.21. The van der Waals surface area contributed by atoms with Crippen molar-refractivity contribution in [2.45, 2.75) is 70.7 Å². The van der Waals surface area contributed by atoms with Gasteiger partial charge in [-0.3, -0.25) is 4.57 Å². The highest BCUT2D eigenvalue weighted by Gasteiger charge is 2.29. The number of ether oxygens (including phenoxy) is 1. The summed E-state index contributed by atoms with van der Waals surface area (Å²) in [6, 6.07) is 4.97. The molecule has 0 radical (unpaired) electrons. The summed E-state index contributed by atoms with van der Waals surface area (Å²) < 4.78 is 21.8. The maximum atomic E-state index is 13.6. The second-order valence-corrected chi connectivity index (χ2v) is 7.34. The Morgan fingerprint density at radius 2 is 1.96 bits per heavy atom. The van der Waals surface area contributed by atoms with E-state index in [1.165, 1.54) is 6.07 Å². The van der Waals surface area contributed by atoms with Crippen molar-refractivity contribution < 1.29 is 9.13 Å². The molecule has 1 saturated carbocycles. The van der Waals surface area contributed by atoms with Crippen LogP contribution in [0.2, 0.25) is 0 Å². The molecule has 1 N–H and O–H groups in total. The molecular formula is C19H25FN4O. The molecule has 1 fully saturated rings. The van der Waals surface area contributed by atoms with E-state index in [1.54, 1.807) is 6.07 Å². The van der Waals surface area contributed by atoms with Crippen LogP contribution < -0.4 is 5.32 Å². The number of benzene rings is 1. The lowest BCUT2D eigenvalue weighted by molar-refractivity contribution is -0.0151. The first kappa shape index (κ1) is 16.7. The molecule has 6 heteroatoms. The summed E-state index contributed by atoms with van der Waals surface area (Å²) in [5.41, 5.74) is 1.96. The summed E-state index contributed by atoms with van der Waals surface area (Å²) in [6.07, 6.45) is 4.85. The van der Waals surface area contributed by atoms with Gasteiger partial charge in [0.15, 0.2) is 5.82 Å². The standard InChI is InChI=1S/C19H25FN4O/c1-12(2)25-16-6-3-13(4-7-16)19-23-22-18-11-21-10-14-9-15(20)5-8-17(14)24(18)19/h5,8-9,12-13,16,21H,3-4,6-7,10-11H2,1-2H3. The SMILES string of the molecule is CC(C)OC1CCC(c2nnc3n2-c2ccc(F)cc2CNC3)CC1. The number of halogens is 1. The van der Waals surface area contributed by atoms with Crippen molar-refractivity contribution in [3.8, 4) is 5.69 Å². The van der Waals surface area contributed by atoms with Crippen molar-refractivity contribution >= 4 is 0 Å². The predicted octanol–water partition coefficient (Wildman–Crippen LogP) is 3.46. The van der Waals surface area contributed by atoms with Crippen LogP contribution in [0.1, 0.15) is 62.7 Å². The van der Waals surface area contributed by atoms with Gasteiger partial charge in [0.05, 0.1) is 24.4 Å². The Bertz CT molecular complexity index is 750. The quantitative estimate of drug-likeness (QED) is 0.926. The van der Waals surface area contributed by atoms with Gasteiger partial charge in [-0.15, -0.1) is 10.2 Å². The highest BCUT2D eigenvalue weighted by Crippen LogP contribution is 2.35. The van der Waals surface area contributed by atoms with Gasteiger partial charge in [-0.05, 0) is 63.3 Å². The molecule has 2 heterocycles. The lowest BCUT2D eigenvalue weighted by Gasteiger charge is -2.29. The van der Waals surface area contributed by atoms with Crippen LogP contribution in [0.3, 0.4) is 0 Å². The van der Waals surface area contributed by atoms with Gasteiger partial charge in [0.1, 0.15) is 11.6 Å². The number of nitrogens with zero attached hydrogens (tertiary/aromatic N) is 3. The molecule has 2 aromatic rings. The van der Waals surface area contributed by atoms with E-state index in [4.69, 9.17) is 4.74 Å². The third-order valence-corrected chi connectivity index (χ3v) is 5.14. The highest BCUT2D eigenvalue weighted by molar-refractivity contribution is 5.44. The Balaban J connectivity index is 1.62. The number of rotatable bonds is 3. The van der Waals surface area contributed by atoms with Crippen LogP contribution in [0.15, 0.2) is 18.2 Å². The summed E-state index contributed by atoms with van der Waals surface area (Å²) in [5, 5.41) is 12.2. The fraction of sp³-hybridized carbons (Fsp3) is 0.579. The van der Waals surface area contributed by atoms with E-state index in [0.29, 0.717) is 25.1 Å². The zero-order valence-electron chi connectivity index (χ0n) is 14.8. The Labute approximate surface area is 147 Å². The van der Waals surface area contributed by atoms with Crippen LogP contribution in [0, 0.1) is 5.82 Å². The fourth-order valence-electron chi connectivity index (χ4n) is 4.04. The summed E-state index contributed by atoms with van der Waals surface area (Å²) in [7, 11) is 0. The second-order valence-electron chi connectivity index (χ2n) is 7.34. The Kier molecular flexibility index (Phi) is 4.56. The Morgan fingerprint density at radius 1 is 1.16 bits per heavy atom. The molecule has 4 rings (SSSR count). The zero-order chi connectivity index (χ0) is 17.4. The van der Waals surface area contributed by atoms with Gasteiger partial charge in [0, 0.05) is 12.5 Å². The number of hydrogen-bond donors (Lipinski definition) is 1. The van der Waals surface area contributed by atoms with Crippen molar-refractivity contribution in [2.24, 2.45) is 0 Å². The maximum Gasteiger partial charge on any atom is 0.151 e. The zero-order valence-corrected chi connectivity index (χ0v) is 14.8. The number of nitrogens with one attached hydrogen (secondary N) is 1. The Morgan fingerprint density at radius 3 is 2.72 bits per heavy atom. The lowest BCUT2D eigenvalue weighted by Crippen LogP contribution is -2.25. The number of fused-ring (bicyclic) bond motifs is 3. The lowest BCUT2D eigenvalue weighted by atomic mass is 9.86. The molecule has 0 bridgehead atoms. The second kappa shape index (κ2) is 6.84. The van der Waals surface area contributed by atoms with E-state index in [2.05, 4.69) is 33.9 Å². The van der Waals surface area contributed by atoms with E-state index >= 15 is 0 Å². The van der Waals surface area contributed by atoms with Crippen LogP contribution in [0.25, 0.3) is 5.69 Å².